The van der Waals surface area contributed by atoms with E-state index in [1.165, 1.54) is 6.07 Å². The number of nitro groups is 1. The van der Waals surface area contributed by atoms with Gasteiger partial charge >= 0.3 is 5.69 Å². The number of nitrogens with one attached hydrogen (secondary N) is 2. The Bertz CT molecular complexity index is 494. The average molecular weight is 297 g/mol. The first kappa shape index (κ1) is 16.3. The molecular weight excluding hydrogens is 278 g/mol. The highest BCUT2D eigenvalue weighted by Gasteiger charge is 2.23. The summed E-state index contributed by atoms with van der Waals surface area (Å²) in [7, 11) is 1.59. The first-order valence-electron chi connectivity index (χ1n) is 6.23. The number of benzene rings is 1. The van der Waals surface area contributed by atoms with E-state index in [0.717, 1.165) is 5.75 Å². The van der Waals surface area contributed by atoms with E-state index in [-0.39, 0.29) is 11.3 Å². The van der Waals surface area contributed by atoms with Crippen LogP contribution in [0.1, 0.15) is 17.3 Å². The number of carbonyl (C=O) groups is 1. The van der Waals surface area contributed by atoms with E-state index < -0.39 is 10.8 Å². The second-order valence-corrected chi connectivity index (χ2v) is 5.39. The standard InChI is InChI=1S/C13H19N3O3S/c1-9(8-20-3)7-15-13(17)10-5-4-6-11(14-2)12(10)16(18)19/h4-6,9,14H,7-8H2,1-3H3,(H,15,17). The van der Waals surface area contributed by atoms with Crippen LogP contribution in [0, 0.1) is 16.0 Å². The van der Waals surface area contributed by atoms with Gasteiger partial charge in [-0.05, 0) is 30.1 Å². The van der Waals surface area contributed by atoms with Crippen LogP contribution < -0.4 is 10.6 Å². The fourth-order valence-electron chi connectivity index (χ4n) is 1.83. The number of para-hydroxylation sites is 1. The Labute approximate surface area is 122 Å². The molecule has 0 saturated heterocycles. The molecule has 0 heterocycles. The summed E-state index contributed by atoms with van der Waals surface area (Å²) in [6.07, 6.45) is 2.00. The van der Waals surface area contributed by atoms with Crippen molar-refractivity contribution in [3.05, 3.63) is 33.9 Å². The maximum atomic E-state index is 12.1. The first-order chi connectivity index (χ1) is 9.51. The van der Waals surface area contributed by atoms with E-state index in [2.05, 4.69) is 10.6 Å². The van der Waals surface area contributed by atoms with Crippen LogP contribution in [-0.2, 0) is 0 Å². The van der Waals surface area contributed by atoms with Crippen molar-refractivity contribution in [1.82, 2.24) is 5.32 Å². The number of hydrogen-bond donors (Lipinski definition) is 2. The number of anilines is 1. The van der Waals surface area contributed by atoms with Gasteiger partial charge in [0.25, 0.3) is 5.91 Å². The molecule has 7 heteroatoms. The molecule has 20 heavy (non-hydrogen) atoms. The Kier molecular flexibility index (Phi) is 6.30. The zero-order valence-corrected chi connectivity index (χ0v) is 12.6. The minimum Gasteiger partial charge on any atom is -0.383 e. The summed E-state index contributed by atoms with van der Waals surface area (Å²) in [4.78, 5) is 22.7. The monoisotopic (exact) mass is 297 g/mol. The van der Waals surface area contributed by atoms with Crippen molar-refractivity contribution in [2.45, 2.75) is 6.92 Å². The lowest BCUT2D eigenvalue weighted by Crippen LogP contribution is -2.29. The van der Waals surface area contributed by atoms with E-state index in [4.69, 9.17) is 0 Å². The zero-order chi connectivity index (χ0) is 15.1. The SMILES string of the molecule is CNc1cccc(C(=O)NCC(C)CSC)c1[N+](=O)[O-]. The molecule has 0 radical (unpaired) electrons. The van der Waals surface area contributed by atoms with Gasteiger partial charge < -0.3 is 10.6 Å². The van der Waals surface area contributed by atoms with Gasteiger partial charge in [0.05, 0.1) is 4.92 Å². The van der Waals surface area contributed by atoms with Crippen molar-refractivity contribution < 1.29 is 9.72 Å². The van der Waals surface area contributed by atoms with Gasteiger partial charge in [0.1, 0.15) is 11.3 Å². The fraction of sp³-hybridized carbons (Fsp3) is 0.462. The Morgan fingerprint density at radius 3 is 2.75 bits per heavy atom. The molecule has 0 bridgehead atoms. The number of rotatable bonds is 7. The van der Waals surface area contributed by atoms with Crippen LogP contribution in [0.15, 0.2) is 18.2 Å². The first-order valence-corrected chi connectivity index (χ1v) is 7.63. The summed E-state index contributed by atoms with van der Waals surface area (Å²) in [5.74, 6) is 0.834. The molecule has 1 amide bonds. The third kappa shape index (κ3) is 4.12. The molecule has 2 N–H and O–H groups in total. The molecule has 0 aliphatic rings. The Morgan fingerprint density at radius 2 is 2.20 bits per heavy atom. The number of amides is 1. The Balaban J connectivity index is 2.90. The molecule has 0 aromatic heterocycles. The van der Waals surface area contributed by atoms with Crippen molar-refractivity contribution in [3.63, 3.8) is 0 Å². The molecule has 1 atom stereocenters. The second-order valence-electron chi connectivity index (χ2n) is 4.48. The molecule has 0 fully saturated rings. The predicted molar refractivity (Wildman–Crippen MR) is 82.5 cm³/mol. The van der Waals surface area contributed by atoms with Crippen LogP contribution in [0.5, 0.6) is 0 Å². The maximum absolute atomic E-state index is 12.1. The van der Waals surface area contributed by atoms with Crippen LogP contribution in [-0.4, -0.2) is 36.4 Å². The summed E-state index contributed by atoms with van der Waals surface area (Å²) in [6.45, 7) is 2.52. The molecular formula is C13H19N3O3S. The third-order valence-corrected chi connectivity index (χ3v) is 3.70. The number of hydrogen-bond acceptors (Lipinski definition) is 5. The highest BCUT2D eigenvalue weighted by molar-refractivity contribution is 7.98. The van der Waals surface area contributed by atoms with Crippen molar-refractivity contribution in [1.29, 1.82) is 0 Å². The maximum Gasteiger partial charge on any atom is 0.305 e. The van der Waals surface area contributed by atoms with Gasteiger partial charge in [-0.1, -0.05) is 13.0 Å². The van der Waals surface area contributed by atoms with Crippen molar-refractivity contribution in [2.24, 2.45) is 5.92 Å². The van der Waals surface area contributed by atoms with Crippen molar-refractivity contribution in [3.8, 4) is 0 Å². The van der Waals surface area contributed by atoms with Crippen LogP contribution >= 0.6 is 11.8 Å². The minimum absolute atomic E-state index is 0.0817. The molecule has 1 aromatic carbocycles. The summed E-state index contributed by atoms with van der Waals surface area (Å²) in [6, 6.07) is 4.66. The van der Waals surface area contributed by atoms with Gasteiger partial charge in [-0.3, -0.25) is 14.9 Å². The van der Waals surface area contributed by atoms with Crippen LogP contribution in [0.25, 0.3) is 0 Å². The van der Waals surface area contributed by atoms with Crippen LogP contribution in [0.4, 0.5) is 11.4 Å². The lowest BCUT2D eigenvalue weighted by Gasteiger charge is -2.12. The Hall–Kier alpha value is -1.76. The molecule has 1 rings (SSSR count). The zero-order valence-electron chi connectivity index (χ0n) is 11.8. The van der Waals surface area contributed by atoms with Gasteiger partial charge in [-0.15, -0.1) is 0 Å². The lowest BCUT2D eigenvalue weighted by molar-refractivity contribution is -0.384. The van der Waals surface area contributed by atoms with Gasteiger partial charge in [0.2, 0.25) is 0 Å². The number of thioether (sulfide) groups is 1. The second kappa shape index (κ2) is 7.74. The van der Waals surface area contributed by atoms with Gasteiger partial charge in [0.15, 0.2) is 0 Å². The molecule has 0 aliphatic heterocycles. The number of carbonyl (C=O) groups excluding carboxylic acids is 1. The van der Waals surface area contributed by atoms with Crippen molar-refractivity contribution in [2.75, 3.05) is 30.9 Å². The lowest BCUT2D eigenvalue weighted by atomic mass is 10.1. The molecule has 1 aromatic rings. The van der Waals surface area contributed by atoms with Gasteiger partial charge in [0, 0.05) is 13.6 Å². The smallest absolute Gasteiger partial charge is 0.305 e. The summed E-state index contributed by atoms with van der Waals surface area (Å²) >= 11 is 1.70. The van der Waals surface area contributed by atoms with Gasteiger partial charge in [-0.25, -0.2) is 0 Å². The van der Waals surface area contributed by atoms with E-state index >= 15 is 0 Å². The fourth-order valence-corrected chi connectivity index (χ4v) is 2.52. The molecule has 6 nitrogen and oxygen atoms in total. The molecule has 0 spiro atoms. The highest BCUT2D eigenvalue weighted by Crippen LogP contribution is 2.28. The summed E-state index contributed by atoms with van der Waals surface area (Å²) < 4.78 is 0. The van der Waals surface area contributed by atoms with E-state index in [0.29, 0.717) is 18.2 Å². The summed E-state index contributed by atoms with van der Waals surface area (Å²) in [5, 5.41) is 16.6. The largest absolute Gasteiger partial charge is 0.383 e. The number of nitro benzene ring substituents is 1. The molecule has 1 unspecified atom stereocenters. The Morgan fingerprint density at radius 1 is 1.50 bits per heavy atom. The number of nitrogens with zero attached hydrogens (tertiary/aromatic N) is 1. The van der Waals surface area contributed by atoms with E-state index in [1.54, 1.807) is 30.9 Å². The normalized spacial score (nSPS) is 11.8. The van der Waals surface area contributed by atoms with Crippen LogP contribution in [0.3, 0.4) is 0 Å². The molecule has 0 aliphatic carbocycles. The van der Waals surface area contributed by atoms with Crippen LogP contribution in [0.2, 0.25) is 0 Å². The topological polar surface area (TPSA) is 84.3 Å². The minimum atomic E-state index is -0.536. The summed E-state index contributed by atoms with van der Waals surface area (Å²) in [5.41, 5.74) is 0.225. The van der Waals surface area contributed by atoms with E-state index in [9.17, 15) is 14.9 Å². The van der Waals surface area contributed by atoms with E-state index in [1.807, 2.05) is 13.2 Å². The predicted octanol–water partition coefficient (Wildman–Crippen LogP) is 2.37. The van der Waals surface area contributed by atoms with Crippen molar-refractivity contribution >= 4 is 29.0 Å². The molecule has 110 valence electrons. The molecule has 0 saturated carbocycles. The average Bonchev–Trinajstić information content (AvgIpc) is 2.43. The van der Waals surface area contributed by atoms with Gasteiger partial charge in [-0.2, -0.15) is 11.8 Å². The highest BCUT2D eigenvalue weighted by atomic mass is 32.2. The third-order valence-electron chi connectivity index (χ3n) is 2.79. The quantitative estimate of drug-likeness (QED) is 0.596.